The van der Waals surface area contributed by atoms with Gasteiger partial charge in [-0.15, -0.1) is 0 Å². The molecule has 0 aliphatic heterocycles. The Hall–Kier alpha value is -6.38. The minimum absolute atomic E-state index is 0.0574. The molecule has 0 atom stereocenters. The van der Waals surface area contributed by atoms with Gasteiger partial charge in [-0.1, -0.05) is 135 Å². The van der Waals surface area contributed by atoms with Gasteiger partial charge in [0.15, 0.2) is 0 Å². The second-order valence-electron chi connectivity index (χ2n) is 14.2. The Morgan fingerprint density at radius 2 is 1.00 bits per heavy atom. The number of hydrogen-bond acceptors (Lipinski definition) is 2. The number of furan rings is 1. The molecular weight excluding hydrogens is 619 g/mol. The molecule has 1 heterocycles. The van der Waals surface area contributed by atoms with E-state index in [0.717, 1.165) is 39.0 Å². The molecular formula is C49H35NO. The predicted molar refractivity (Wildman–Crippen MR) is 214 cm³/mol. The summed E-state index contributed by atoms with van der Waals surface area (Å²) in [7, 11) is 0. The first-order valence-corrected chi connectivity index (χ1v) is 17.7. The predicted octanol–water partition coefficient (Wildman–Crippen LogP) is 13.8. The van der Waals surface area contributed by atoms with Gasteiger partial charge in [0.2, 0.25) is 0 Å². The van der Waals surface area contributed by atoms with Crippen LogP contribution in [0.5, 0.6) is 0 Å². The van der Waals surface area contributed by atoms with Crippen LogP contribution in [0.4, 0.5) is 17.1 Å². The number of fused-ring (bicyclic) bond motifs is 8. The lowest BCUT2D eigenvalue weighted by Crippen LogP contribution is -2.15. The lowest BCUT2D eigenvalue weighted by atomic mass is 9.81. The number of benzene rings is 8. The van der Waals surface area contributed by atoms with Crippen LogP contribution in [0.15, 0.2) is 180 Å². The van der Waals surface area contributed by atoms with E-state index in [9.17, 15) is 0 Å². The lowest BCUT2D eigenvalue weighted by molar-refractivity contribution is 0.661. The van der Waals surface area contributed by atoms with E-state index < -0.39 is 0 Å². The highest BCUT2D eigenvalue weighted by Gasteiger charge is 2.36. The monoisotopic (exact) mass is 653 g/mol. The van der Waals surface area contributed by atoms with Gasteiger partial charge in [0.25, 0.3) is 0 Å². The van der Waals surface area contributed by atoms with Crippen LogP contribution in [0.1, 0.15) is 25.0 Å². The van der Waals surface area contributed by atoms with E-state index in [-0.39, 0.29) is 5.41 Å². The molecule has 2 nitrogen and oxygen atoms in total. The summed E-state index contributed by atoms with van der Waals surface area (Å²) in [4.78, 5) is 2.31. The van der Waals surface area contributed by atoms with Crippen molar-refractivity contribution in [3.63, 3.8) is 0 Å². The highest BCUT2D eigenvalue weighted by molar-refractivity contribution is 6.07. The van der Waals surface area contributed by atoms with E-state index in [1.165, 1.54) is 55.3 Å². The van der Waals surface area contributed by atoms with Crippen molar-refractivity contribution in [2.45, 2.75) is 19.3 Å². The van der Waals surface area contributed by atoms with Crippen LogP contribution >= 0.6 is 0 Å². The molecule has 1 aromatic heterocycles. The molecule has 0 radical (unpaired) electrons. The Bertz CT molecular complexity index is 2750. The third-order valence-corrected chi connectivity index (χ3v) is 10.9. The lowest BCUT2D eigenvalue weighted by Gasteiger charge is -2.25. The van der Waals surface area contributed by atoms with Gasteiger partial charge in [0.1, 0.15) is 11.2 Å². The van der Waals surface area contributed by atoms with Gasteiger partial charge in [0, 0.05) is 33.2 Å². The van der Waals surface area contributed by atoms with E-state index >= 15 is 0 Å². The smallest absolute Gasteiger partial charge is 0.135 e. The van der Waals surface area contributed by atoms with Crippen molar-refractivity contribution < 1.29 is 4.42 Å². The van der Waals surface area contributed by atoms with Crippen molar-refractivity contribution in [2.75, 3.05) is 4.90 Å². The van der Waals surface area contributed by atoms with E-state index in [1.807, 2.05) is 12.1 Å². The zero-order valence-corrected chi connectivity index (χ0v) is 28.6. The van der Waals surface area contributed by atoms with Crippen molar-refractivity contribution in [2.24, 2.45) is 0 Å². The summed E-state index contributed by atoms with van der Waals surface area (Å²) in [5, 5.41) is 4.88. The van der Waals surface area contributed by atoms with Crippen LogP contribution in [-0.2, 0) is 5.41 Å². The molecule has 0 bridgehead atoms. The van der Waals surface area contributed by atoms with Crippen LogP contribution in [0.2, 0.25) is 0 Å². The Morgan fingerprint density at radius 3 is 1.78 bits per heavy atom. The summed E-state index contributed by atoms with van der Waals surface area (Å²) < 4.78 is 6.14. The van der Waals surface area contributed by atoms with Gasteiger partial charge in [-0.05, 0) is 110 Å². The first-order chi connectivity index (χ1) is 25.0. The molecule has 1 aliphatic carbocycles. The maximum absolute atomic E-state index is 6.14. The Morgan fingerprint density at radius 1 is 0.412 bits per heavy atom. The van der Waals surface area contributed by atoms with Crippen molar-refractivity contribution in [1.29, 1.82) is 0 Å². The van der Waals surface area contributed by atoms with Crippen molar-refractivity contribution in [1.82, 2.24) is 0 Å². The SMILES string of the molecule is CC1(C)c2cc(-c3ccc(-c4ccc(N(c5ccccc5)c5ccc6oc7ccccc7c6c5)cc4)cc3)ccc2-c2c1ccc1ccccc21. The summed E-state index contributed by atoms with van der Waals surface area (Å²) in [6.45, 7) is 4.72. The third kappa shape index (κ3) is 4.71. The van der Waals surface area contributed by atoms with Gasteiger partial charge in [-0.25, -0.2) is 0 Å². The summed E-state index contributed by atoms with van der Waals surface area (Å²) in [5.41, 5.74) is 15.5. The highest BCUT2D eigenvalue weighted by atomic mass is 16.3. The number of nitrogens with zero attached hydrogens (tertiary/aromatic N) is 1. The third-order valence-electron chi connectivity index (χ3n) is 10.9. The first-order valence-electron chi connectivity index (χ1n) is 17.7. The van der Waals surface area contributed by atoms with Crippen LogP contribution < -0.4 is 4.90 Å². The second kappa shape index (κ2) is 11.3. The molecule has 0 unspecified atom stereocenters. The molecule has 0 saturated carbocycles. The van der Waals surface area contributed by atoms with Crippen LogP contribution in [0.3, 0.4) is 0 Å². The molecule has 0 amide bonds. The fourth-order valence-corrected chi connectivity index (χ4v) is 8.22. The zero-order valence-electron chi connectivity index (χ0n) is 28.6. The number of anilines is 3. The molecule has 9 aromatic rings. The topological polar surface area (TPSA) is 16.4 Å². The van der Waals surface area contributed by atoms with Gasteiger partial charge in [0.05, 0.1) is 0 Å². The largest absolute Gasteiger partial charge is 0.456 e. The molecule has 0 N–H and O–H groups in total. The maximum atomic E-state index is 6.14. The van der Waals surface area contributed by atoms with Gasteiger partial charge >= 0.3 is 0 Å². The minimum atomic E-state index is -0.0574. The van der Waals surface area contributed by atoms with E-state index in [4.69, 9.17) is 4.42 Å². The molecule has 10 rings (SSSR count). The van der Waals surface area contributed by atoms with Crippen molar-refractivity contribution in [3.8, 4) is 33.4 Å². The first kappa shape index (κ1) is 29.5. The van der Waals surface area contributed by atoms with Gasteiger partial charge in [-0.3, -0.25) is 0 Å². The Labute approximate surface area is 297 Å². The molecule has 8 aromatic carbocycles. The summed E-state index contributed by atoms with van der Waals surface area (Å²) in [6, 6.07) is 63.6. The van der Waals surface area contributed by atoms with Crippen LogP contribution in [-0.4, -0.2) is 0 Å². The average molecular weight is 654 g/mol. The highest BCUT2D eigenvalue weighted by Crippen LogP contribution is 2.52. The maximum Gasteiger partial charge on any atom is 0.135 e. The molecule has 0 spiro atoms. The van der Waals surface area contributed by atoms with E-state index in [0.29, 0.717) is 0 Å². The standard InChI is InChI=1S/C49H35NO/c1-49(2)44-28-23-35-10-6-7-13-40(35)48(44)42-27-22-36(30-45(42)49)34-18-16-32(17-19-34)33-20-24-38(25-21-33)50(37-11-4-3-5-12-37)39-26-29-47-43(31-39)41-14-8-9-15-46(41)51-47/h3-31H,1-2H3. The van der Waals surface area contributed by atoms with Gasteiger partial charge < -0.3 is 9.32 Å². The fraction of sp³-hybridized carbons (Fsp3) is 0.0612. The second-order valence-corrected chi connectivity index (χ2v) is 14.2. The molecule has 0 fully saturated rings. The average Bonchev–Trinajstić information content (AvgIpc) is 3.67. The van der Waals surface area contributed by atoms with Crippen LogP contribution in [0, 0.1) is 0 Å². The number of rotatable bonds is 5. The zero-order chi connectivity index (χ0) is 34.1. The van der Waals surface area contributed by atoms with Crippen LogP contribution in [0.25, 0.3) is 66.1 Å². The summed E-state index contributed by atoms with van der Waals surface area (Å²) >= 11 is 0. The van der Waals surface area contributed by atoms with Crippen molar-refractivity contribution >= 4 is 49.8 Å². The Kier molecular flexibility index (Phi) is 6.56. The van der Waals surface area contributed by atoms with E-state index in [1.54, 1.807) is 0 Å². The van der Waals surface area contributed by atoms with Crippen molar-refractivity contribution in [3.05, 3.63) is 187 Å². The summed E-state index contributed by atoms with van der Waals surface area (Å²) in [6.07, 6.45) is 0. The number of hydrogen-bond donors (Lipinski definition) is 0. The summed E-state index contributed by atoms with van der Waals surface area (Å²) in [5.74, 6) is 0. The molecule has 2 heteroatoms. The minimum Gasteiger partial charge on any atom is -0.456 e. The normalized spacial score (nSPS) is 13.1. The fourth-order valence-electron chi connectivity index (χ4n) is 8.22. The number of para-hydroxylation sites is 2. The Balaban J connectivity index is 0.970. The molecule has 51 heavy (non-hydrogen) atoms. The molecule has 1 aliphatic rings. The quantitative estimate of drug-likeness (QED) is 0.184. The molecule has 242 valence electrons. The molecule has 0 saturated heterocycles. The van der Waals surface area contributed by atoms with E-state index in [2.05, 4.69) is 183 Å². The van der Waals surface area contributed by atoms with Gasteiger partial charge in [-0.2, -0.15) is 0 Å².